The second-order valence-corrected chi connectivity index (χ2v) is 20.6. The van der Waals surface area contributed by atoms with Crippen LogP contribution in [0, 0.1) is 0 Å². The third-order valence-corrected chi connectivity index (χ3v) is 14.4. The Kier molecular flexibility index (Phi) is 10.8. The summed E-state index contributed by atoms with van der Waals surface area (Å²) in [5, 5.41) is 14.1. The molecule has 64 heavy (non-hydrogen) atoms. The minimum atomic E-state index is -3.39. The number of aromatic nitrogens is 6. The topological polar surface area (TPSA) is 142 Å². The van der Waals surface area contributed by atoms with E-state index in [-0.39, 0.29) is 9.79 Å². The van der Waals surface area contributed by atoms with Gasteiger partial charge in [0.2, 0.25) is 0 Å². The van der Waals surface area contributed by atoms with Crippen LogP contribution in [0.4, 0.5) is 34.6 Å². The van der Waals surface area contributed by atoms with E-state index in [4.69, 9.17) is 20.2 Å². The van der Waals surface area contributed by atoms with Crippen molar-refractivity contribution in [2.24, 2.45) is 0 Å². The van der Waals surface area contributed by atoms with Crippen LogP contribution in [-0.2, 0) is 19.7 Å². The van der Waals surface area contributed by atoms with Gasteiger partial charge in [-0.05, 0) is 147 Å². The van der Waals surface area contributed by atoms with Gasteiger partial charge >= 0.3 is 0 Å². The van der Waals surface area contributed by atoms with Crippen molar-refractivity contribution in [1.29, 1.82) is 0 Å². The molecule has 6 heterocycles. The number of anilines is 6. The number of piperidine rings is 2. The first-order valence-electron chi connectivity index (χ1n) is 21.6. The minimum Gasteiger partial charge on any atom is -0.372 e. The standard InChI is InChI=1S/C48H48N10O4S2/c1-63(59,60)41-25-13-35(14-26-41)43-11-9-33-55-45(43)49-47(51-55)57(39-21-17-37(18-22-39)53-29-5-3-6-30-53)58(40-23-19-38(20-24-40)54-31-7-4-8-32-54)48-50-46-44(12-10-34-56(46)52-48)36-15-27-42(28-16-36)64(2,61)62/h9-28,33-34H,3-8,29-32H2,1-2H3. The number of pyridine rings is 2. The molecule has 16 heteroatoms. The molecule has 2 saturated heterocycles. The molecule has 0 saturated carbocycles. The molecule has 0 atom stereocenters. The van der Waals surface area contributed by atoms with Gasteiger partial charge < -0.3 is 9.80 Å². The van der Waals surface area contributed by atoms with Crippen LogP contribution in [0.3, 0.4) is 0 Å². The van der Waals surface area contributed by atoms with Gasteiger partial charge in [-0.1, -0.05) is 24.3 Å². The average Bonchev–Trinajstić information content (AvgIpc) is 3.96. The number of nitrogens with zero attached hydrogens (tertiary/aromatic N) is 10. The highest BCUT2D eigenvalue weighted by Gasteiger charge is 2.30. The average molecular weight is 893 g/mol. The molecule has 0 unspecified atom stereocenters. The fourth-order valence-electron chi connectivity index (χ4n) is 8.74. The summed E-state index contributed by atoms with van der Waals surface area (Å²) in [6.45, 7) is 4.02. The van der Waals surface area contributed by atoms with E-state index < -0.39 is 19.7 Å². The molecule has 4 aromatic carbocycles. The van der Waals surface area contributed by atoms with Gasteiger partial charge in [0.05, 0.1) is 21.2 Å². The van der Waals surface area contributed by atoms with Crippen LogP contribution < -0.4 is 19.8 Å². The molecule has 8 aromatic rings. The summed E-state index contributed by atoms with van der Waals surface area (Å²) in [5.74, 6) is 0.697. The largest absolute Gasteiger partial charge is 0.372 e. The number of hydrogen-bond acceptors (Lipinski definition) is 12. The monoisotopic (exact) mass is 892 g/mol. The van der Waals surface area contributed by atoms with E-state index in [9.17, 15) is 16.8 Å². The predicted molar refractivity (Wildman–Crippen MR) is 252 cm³/mol. The lowest BCUT2D eigenvalue weighted by molar-refractivity contribution is 0.578. The van der Waals surface area contributed by atoms with E-state index in [1.807, 2.05) is 46.7 Å². The van der Waals surface area contributed by atoms with E-state index >= 15 is 0 Å². The highest BCUT2D eigenvalue weighted by Crippen LogP contribution is 2.38. The molecule has 326 valence electrons. The molecule has 0 bridgehead atoms. The second-order valence-electron chi connectivity index (χ2n) is 16.5. The summed E-state index contributed by atoms with van der Waals surface area (Å²) in [6, 6.07) is 38.2. The quantitative estimate of drug-likeness (QED) is 0.115. The Labute approximate surface area is 372 Å². The molecule has 0 amide bonds. The molecule has 0 radical (unpaired) electrons. The Morgan fingerprint density at radius 1 is 0.453 bits per heavy atom. The molecule has 2 aliphatic rings. The fourth-order valence-corrected chi connectivity index (χ4v) is 10.00. The highest BCUT2D eigenvalue weighted by molar-refractivity contribution is 7.91. The van der Waals surface area contributed by atoms with Crippen LogP contribution in [0.2, 0.25) is 0 Å². The van der Waals surface area contributed by atoms with E-state index in [2.05, 4.69) is 58.3 Å². The van der Waals surface area contributed by atoms with Crippen LogP contribution in [0.5, 0.6) is 0 Å². The molecule has 2 aliphatic heterocycles. The molecule has 2 fully saturated rings. The lowest BCUT2D eigenvalue weighted by Gasteiger charge is -2.34. The van der Waals surface area contributed by atoms with Crippen molar-refractivity contribution in [3.05, 3.63) is 134 Å². The first-order valence-corrected chi connectivity index (χ1v) is 25.4. The molecule has 0 N–H and O–H groups in total. The lowest BCUT2D eigenvalue weighted by Crippen LogP contribution is -2.37. The van der Waals surface area contributed by atoms with Crippen LogP contribution in [0.15, 0.2) is 144 Å². The van der Waals surface area contributed by atoms with Crippen molar-refractivity contribution in [3.8, 4) is 22.3 Å². The van der Waals surface area contributed by atoms with Crippen LogP contribution in [-0.4, -0.2) is 84.7 Å². The van der Waals surface area contributed by atoms with Crippen LogP contribution in [0.25, 0.3) is 33.5 Å². The summed E-state index contributed by atoms with van der Waals surface area (Å²) >= 11 is 0. The summed E-state index contributed by atoms with van der Waals surface area (Å²) in [5.41, 5.74) is 8.09. The first-order chi connectivity index (χ1) is 31.0. The summed E-state index contributed by atoms with van der Waals surface area (Å²) in [6.07, 6.45) is 13.2. The number of rotatable bonds is 11. The second kappa shape index (κ2) is 16.7. The number of fused-ring (bicyclic) bond motifs is 2. The number of sulfone groups is 2. The number of hydrazine groups is 1. The maximum absolute atomic E-state index is 12.3. The molecular weight excluding hydrogens is 845 g/mol. The highest BCUT2D eigenvalue weighted by atomic mass is 32.2. The van der Waals surface area contributed by atoms with Crippen LogP contribution >= 0.6 is 0 Å². The van der Waals surface area contributed by atoms with Gasteiger partial charge in [0.25, 0.3) is 11.9 Å². The third-order valence-electron chi connectivity index (χ3n) is 12.1. The SMILES string of the molecule is CS(=O)(=O)c1ccc(-c2cccn3nc(N(c4ccc(N5CCCCC5)cc4)N(c4ccc(N5CCCCC5)cc4)c4nc5c(-c6ccc(S(C)(=O)=O)cc6)cccn5n4)nc23)cc1. The molecular formula is C48H48N10O4S2. The van der Waals surface area contributed by atoms with Gasteiger partial charge in [0.15, 0.2) is 31.0 Å². The summed E-state index contributed by atoms with van der Waals surface area (Å²) in [4.78, 5) is 15.8. The van der Waals surface area contributed by atoms with Gasteiger partial charge in [-0.3, -0.25) is 0 Å². The Morgan fingerprint density at radius 2 is 0.812 bits per heavy atom. The Hall–Kier alpha value is -6.78. The van der Waals surface area contributed by atoms with E-state index in [1.54, 1.807) is 57.6 Å². The van der Waals surface area contributed by atoms with E-state index in [0.29, 0.717) is 23.2 Å². The van der Waals surface area contributed by atoms with Crippen molar-refractivity contribution >= 4 is 65.6 Å². The van der Waals surface area contributed by atoms with Crippen molar-refractivity contribution < 1.29 is 16.8 Å². The third kappa shape index (κ3) is 8.14. The van der Waals surface area contributed by atoms with Crippen molar-refractivity contribution in [1.82, 2.24) is 29.2 Å². The zero-order chi connectivity index (χ0) is 44.0. The predicted octanol–water partition coefficient (Wildman–Crippen LogP) is 8.79. The van der Waals surface area contributed by atoms with Crippen molar-refractivity contribution in [3.63, 3.8) is 0 Å². The van der Waals surface area contributed by atoms with Crippen molar-refractivity contribution in [2.45, 2.75) is 48.3 Å². The minimum absolute atomic E-state index is 0.237. The zero-order valence-electron chi connectivity index (χ0n) is 35.7. The van der Waals surface area contributed by atoms with Gasteiger partial charge in [-0.2, -0.15) is 9.97 Å². The first kappa shape index (κ1) is 41.2. The van der Waals surface area contributed by atoms with Crippen molar-refractivity contribution in [2.75, 3.05) is 58.5 Å². The summed E-state index contributed by atoms with van der Waals surface area (Å²) in [7, 11) is -6.77. The lowest BCUT2D eigenvalue weighted by atomic mass is 10.1. The fraction of sp³-hybridized carbons (Fsp3) is 0.250. The van der Waals surface area contributed by atoms with Gasteiger partial charge in [-0.25, -0.2) is 35.9 Å². The van der Waals surface area contributed by atoms with Gasteiger partial charge in [-0.15, -0.1) is 10.2 Å². The Balaban J connectivity index is 1.15. The molecule has 10 rings (SSSR count). The zero-order valence-corrected chi connectivity index (χ0v) is 37.3. The maximum atomic E-state index is 12.3. The summed E-state index contributed by atoms with van der Waals surface area (Å²) < 4.78 is 52.8. The Morgan fingerprint density at radius 3 is 1.16 bits per heavy atom. The van der Waals surface area contributed by atoms with Gasteiger partial charge in [0.1, 0.15) is 0 Å². The van der Waals surface area contributed by atoms with Crippen LogP contribution in [0.1, 0.15) is 38.5 Å². The normalized spacial score (nSPS) is 14.9. The van der Waals surface area contributed by atoms with E-state index in [1.165, 1.54) is 25.4 Å². The number of benzene rings is 4. The maximum Gasteiger partial charge on any atom is 0.269 e. The van der Waals surface area contributed by atoms with Gasteiger partial charge in [0, 0.05) is 73.6 Å². The van der Waals surface area contributed by atoms with E-state index in [0.717, 1.165) is 96.9 Å². The smallest absolute Gasteiger partial charge is 0.269 e. The Bertz CT molecular complexity index is 2960. The molecule has 0 aliphatic carbocycles. The molecule has 4 aromatic heterocycles. The molecule has 14 nitrogen and oxygen atoms in total. The molecule has 0 spiro atoms. The number of hydrogen-bond donors (Lipinski definition) is 0.